The van der Waals surface area contributed by atoms with Crippen LogP contribution in [-0.4, -0.2) is 49.3 Å². The zero-order valence-corrected chi connectivity index (χ0v) is 11.1. The number of morpholine rings is 1. The van der Waals surface area contributed by atoms with Gasteiger partial charge in [0.1, 0.15) is 0 Å². The second-order valence-corrected chi connectivity index (χ2v) is 4.55. The number of pyridine rings is 1. The van der Waals surface area contributed by atoms with E-state index >= 15 is 0 Å². The molecule has 2 rings (SSSR count). The minimum absolute atomic E-state index is 0.0284. The maximum atomic E-state index is 11.2. The molecule has 1 atom stereocenters. The van der Waals surface area contributed by atoms with Crippen LogP contribution < -0.4 is 10.2 Å². The van der Waals surface area contributed by atoms with Gasteiger partial charge < -0.3 is 15.0 Å². The molecule has 1 fully saturated rings. The Hall–Kier alpha value is -1.73. The Balaban J connectivity index is 2.26. The number of aromatic nitrogens is 1. The number of hydrogen-bond acceptors (Lipinski definition) is 6. The van der Waals surface area contributed by atoms with Gasteiger partial charge in [0.25, 0.3) is 0 Å². The molecule has 1 aliphatic rings. The van der Waals surface area contributed by atoms with E-state index in [0.717, 1.165) is 6.54 Å². The third-order valence-corrected chi connectivity index (χ3v) is 3.16. The molecule has 104 valence electrons. The Labute approximate surface area is 111 Å². The molecule has 0 aliphatic carbocycles. The third kappa shape index (κ3) is 2.99. The molecule has 1 aromatic heterocycles. The van der Waals surface area contributed by atoms with Gasteiger partial charge in [0, 0.05) is 31.4 Å². The molecule has 7 nitrogen and oxygen atoms in total. The number of nitro groups is 1. The van der Waals surface area contributed by atoms with Crippen molar-refractivity contribution in [3.8, 4) is 0 Å². The van der Waals surface area contributed by atoms with Gasteiger partial charge in [-0.25, -0.2) is 4.98 Å². The van der Waals surface area contributed by atoms with E-state index in [1.54, 1.807) is 19.2 Å². The van der Waals surface area contributed by atoms with Gasteiger partial charge in [-0.15, -0.1) is 0 Å². The molecule has 0 spiro atoms. The number of likely N-dealkylation sites (N-methyl/N-ethyl adjacent to an activating group) is 1. The van der Waals surface area contributed by atoms with Crippen LogP contribution in [0.5, 0.6) is 0 Å². The van der Waals surface area contributed by atoms with Crippen molar-refractivity contribution in [3.63, 3.8) is 0 Å². The van der Waals surface area contributed by atoms with Crippen molar-refractivity contribution in [1.29, 1.82) is 0 Å². The van der Waals surface area contributed by atoms with E-state index in [9.17, 15) is 10.1 Å². The molecule has 19 heavy (non-hydrogen) atoms. The molecule has 1 aliphatic heterocycles. The monoisotopic (exact) mass is 266 g/mol. The first-order chi connectivity index (χ1) is 9.13. The fraction of sp³-hybridized carbons (Fsp3) is 0.583. The van der Waals surface area contributed by atoms with Crippen molar-refractivity contribution in [2.45, 2.75) is 13.0 Å². The van der Waals surface area contributed by atoms with Crippen molar-refractivity contribution in [2.75, 3.05) is 38.2 Å². The summed E-state index contributed by atoms with van der Waals surface area (Å²) < 4.78 is 5.60. The molecular formula is C12H18N4O3. The summed E-state index contributed by atoms with van der Waals surface area (Å²) in [4.78, 5) is 16.9. The van der Waals surface area contributed by atoms with Crippen LogP contribution in [0.4, 0.5) is 11.5 Å². The zero-order valence-electron chi connectivity index (χ0n) is 11.1. The van der Waals surface area contributed by atoms with Gasteiger partial charge in [-0.1, -0.05) is 0 Å². The number of rotatable bonds is 4. The van der Waals surface area contributed by atoms with Crippen LogP contribution in [0.15, 0.2) is 12.3 Å². The first kappa shape index (κ1) is 13.7. The minimum Gasteiger partial charge on any atom is -0.373 e. The summed E-state index contributed by atoms with van der Waals surface area (Å²) >= 11 is 0. The van der Waals surface area contributed by atoms with Gasteiger partial charge >= 0.3 is 5.69 Å². The van der Waals surface area contributed by atoms with Crippen molar-refractivity contribution in [1.82, 2.24) is 10.3 Å². The molecule has 1 unspecified atom stereocenters. The average Bonchev–Trinajstić information content (AvgIpc) is 2.38. The predicted molar refractivity (Wildman–Crippen MR) is 71.5 cm³/mol. The lowest BCUT2D eigenvalue weighted by molar-refractivity contribution is -0.384. The van der Waals surface area contributed by atoms with Gasteiger partial charge in [0.2, 0.25) is 5.82 Å². The summed E-state index contributed by atoms with van der Waals surface area (Å²) in [5.41, 5.74) is 0.722. The van der Waals surface area contributed by atoms with E-state index in [1.807, 2.05) is 11.9 Å². The number of nitrogens with one attached hydrogen (secondary N) is 1. The van der Waals surface area contributed by atoms with E-state index in [2.05, 4.69) is 10.3 Å². The number of nitrogens with zero attached hydrogens (tertiary/aromatic N) is 3. The highest BCUT2D eigenvalue weighted by Crippen LogP contribution is 2.29. The summed E-state index contributed by atoms with van der Waals surface area (Å²) in [7, 11) is 1.86. The SMILES string of the molecule is CNCC1CN(c2nccc(C)c2[N+](=O)[O-])CCO1. The number of ether oxygens (including phenoxy) is 1. The fourth-order valence-electron chi connectivity index (χ4n) is 2.26. The molecule has 0 radical (unpaired) electrons. The molecular weight excluding hydrogens is 248 g/mol. The summed E-state index contributed by atoms with van der Waals surface area (Å²) in [6.45, 7) is 4.24. The van der Waals surface area contributed by atoms with Crippen LogP contribution in [0, 0.1) is 17.0 Å². The summed E-state index contributed by atoms with van der Waals surface area (Å²) in [6, 6.07) is 1.66. The number of aryl methyl sites for hydroxylation is 1. The van der Waals surface area contributed by atoms with Crippen LogP contribution in [0.1, 0.15) is 5.56 Å². The standard InChI is InChI=1S/C12H18N4O3/c1-9-3-4-14-12(11(9)16(17)18)15-5-6-19-10(8-15)7-13-2/h3-4,10,13H,5-8H2,1-2H3. The number of anilines is 1. The smallest absolute Gasteiger partial charge is 0.314 e. The van der Waals surface area contributed by atoms with E-state index in [0.29, 0.717) is 31.1 Å². The second kappa shape index (κ2) is 5.94. The first-order valence-electron chi connectivity index (χ1n) is 6.24. The Morgan fingerprint density at radius 1 is 1.68 bits per heavy atom. The van der Waals surface area contributed by atoms with E-state index in [4.69, 9.17) is 4.74 Å². The van der Waals surface area contributed by atoms with Gasteiger partial charge in [-0.2, -0.15) is 0 Å². The zero-order chi connectivity index (χ0) is 13.8. The molecule has 1 saturated heterocycles. The second-order valence-electron chi connectivity index (χ2n) is 4.55. The average molecular weight is 266 g/mol. The topological polar surface area (TPSA) is 80.5 Å². The predicted octanol–water partition coefficient (Wildman–Crippen LogP) is 0.723. The van der Waals surface area contributed by atoms with Crippen LogP contribution >= 0.6 is 0 Å². The maximum absolute atomic E-state index is 11.2. The lowest BCUT2D eigenvalue weighted by atomic mass is 10.2. The quantitative estimate of drug-likeness (QED) is 0.639. The van der Waals surface area contributed by atoms with E-state index < -0.39 is 0 Å². The van der Waals surface area contributed by atoms with E-state index in [-0.39, 0.29) is 16.7 Å². The lowest BCUT2D eigenvalue weighted by Crippen LogP contribution is -2.46. The Morgan fingerprint density at radius 2 is 2.47 bits per heavy atom. The summed E-state index contributed by atoms with van der Waals surface area (Å²) in [5, 5.41) is 14.2. The van der Waals surface area contributed by atoms with Gasteiger partial charge in [0.15, 0.2) is 0 Å². The van der Waals surface area contributed by atoms with Crippen LogP contribution in [0.3, 0.4) is 0 Å². The van der Waals surface area contributed by atoms with Crippen LogP contribution in [-0.2, 0) is 4.74 Å². The van der Waals surface area contributed by atoms with Gasteiger partial charge in [-0.05, 0) is 20.0 Å². The van der Waals surface area contributed by atoms with Crippen LogP contribution in [0.2, 0.25) is 0 Å². The highest BCUT2D eigenvalue weighted by molar-refractivity contribution is 5.61. The van der Waals surface area contributed by atoms with Crippen molar-refractivity contribution < 1.29 is 9.66 Å². The highest BCUT2D eigenvalue weighted by atomic mass is 16.6. The molecule has 0 saturated carbocycles. The minimum atomic E-state index is -0.361. The fourth-order valence-corrected chi connectivity index (χ4v) is 2.26. The first-order valence-corrected chi connectivity index (χ1v) is 6.24. The van der Waals surface area contributed by atoms with Crippen molar-refractivity contribution in [2.24, 2.45) is 0 Å². The number of hydrogen-bond donors (Lipinski definition) is 1. The summed E-state index contributed by atoms with van der Waals surface area (Å²) in [6.07, 6.45) is 1.64. The molecule has 0 aromatic carbocycles. The third-order valence-electron chi connectivity index (χ3n) is 3.16. The Morgan fingerprint density at radius 3 is 3.16 bits per heavy atom. The Bertz CT molecular complexity index is 464. The molecule has 1 aromatic rings. The van der Waals surface area contributed by atoms with E-state index in [1.165, 1.54) is 0 Å². The maximum Gasteiger partial charge on any atom is 0.314 e. The van der Waals surface area contributed by atoms with Gasteiger partial charge in [-0.3, -0.25) is 10.1 Å². The summed E-state index contributed by atoms with van der Waals surface area (Å²) in [5.74, 6) is 0.439. The molecule has 2 heterocycles. The lowest BCUT2D eigenvalue weighted by Gasteiger charge is -2.33. The molecule has 1 N–H and O–H groups in total. The molecule has 0 amide bonds. The largest absolute Gasteiger partial charge is 0.373 e. The van der Waals surface area contributed by atoms with Crippen molar-refractivity contribution >= 4 is 11.5 Å². The van der Waals surface area contributed by atoms with Crippen molar-refractivity contribution in [3.05, 3.63) is 27.9 Å². The van der Waals surface area contributed by atoms with Gasteiger partial charge in [0.05, 0.1) is 17.6 Å². The molecule has 0 bridgehead atoms. The molecule has 7 heteroatoms. The highest BCUT2D eigenvalue weighted by Gasteiger charge is 2.28. The van der Waals surface area contributed by atoms with Crippen LogP contribution in [0.25, 0.3) is 0 Å². The Kier molecular flexibility index (Phi) is 4.28. The normalized spacial score (nSPS) is 19.5.